The Morgan fingerprint density at radius 1 is 1.20 bits per heavy atom. The van der Waals surface area contributed by atoms with Gasteiger partial charge in [-0.2, -0.15) is 0 Å². The van der Waals surface area contributed by atoms with E-state index in [1.54, 1.807) is 26.0 Å². The van der Waals surface area contributed by atoms with E-state index in [-0.39, 0.29) is 17.8 Å². The first-order chi connectivity index (χ1) is 9.43. The van der Waals surface area contributed by atoms with Crippen molar-refractivity contribution in [2.45, 2.75) is 19.7 Å². The molecule has 0 aliphatic rings. The molecule has 0 aliphatic carbocycles. The molecular weight excluding hydrogens is 287 g/mol. The van der Waals surface area contributed by atoms with E-state index in [2.05, 4.69) is 0 Å². The minimum Gasteiger partial charge on any atom is -0.490 e. The standard InChI is InChI=1S/C12H17O7P/c1-3-17-9-6-5-7-10(12(9)18-4-2)19-11(8-13)20(14,15)16/h5-8,11H,3-4H2,1-2H3,(H2,14,15,16). The molecule has 0 aliphatic heterocycles. The van der Waals surface area contributed by atoms with E-state index >= 15 is 0 Å². The first-order valence-electron chi connectivity index (χ1n) is 5.99. The zero-order chi connectivity index (χ0) is 15.2. The van der Waals surface area contributed by atoms with E-state index in [1.807, 2.05) is 0 Å². The second kappa shape index (κ2) is 7.28. The maximum absolute atomic E-state index is 11.1. The van der Waals surface area contributed by atoms with Crippen LogP contribution in [0.2, 0.25) is 0 Å². The molecule has 0 saturated carbocycles. The number of hydrogen-bond donors (Lipinski definition) is 2. The topological polar surface area (TPSA) is 102 Å². The number of aldehydes is 1. The van der Waals surface area contributed by atoms with Crippen molar-refractivity contribution in [1.29, 1.82) is 0 Å². The van der Waals surface area contributed by atoms with E-state index in [9.17, 15) is 9.36 Å². The minimum atomic E-state index is -4.70. The van der Waals surface area contributed by atoms with Crippen molar-refractivity contribution in [1.82, 2.24) is 0 Å². The average molecular weight is 304 g/mol. The molecule has 0 spiro atoms. The van der Waals surface area contributed by atoms with E-state index in [0.717, 1.165) is 0 Å². The van der Waals surface area contributed by atoms with Crippen molar-refractivity contribution >= 4 is 13.9 Å². The van der Waals surface area contributed by atoms with Crippen LogP contribution in [0.4, 0.5) is 0 Å². The lowest BCUT2D eigenvalue weighted by Gasteiger charge is -2.19. The molecule has 2 N–H and O–H groups in total. The van der Waals surface area contributed by atoms with E-state index in [4.69, 9.17) is 24.0 Å². The highest BCUT2D eigenvalue weighted by Gasteiger charge is 2.31. The van der Waals surface area contributed by atoms with Gasteiger partial charge in [0.05, 0.1) is 13.2 Å². The van der Waals surface area contributed by atoms with Gasteiger partial charge in [0.25, 0.3) is 5.85 Å². The Morgan fingerprint density at radius 2 is 1.80 bits per heavy atom. The van der Waals surface area contributed by atoms with Gasteiger partial charge in [-0.15, -0.1) is 0 Å². The number of para-hydroxylation sites is 1. The first kappa shape index (κ1) is 16.5. The van der Waals surface area contributed by atoms with Crippen LogP contribution in [0.5, 0.6) is 17.2 Å². The molecule has 8 heteroatoms. The summed E-state index contributed by atoms with van der Waals surface area (Å²) >= 11 is 0. The van der Waals surface area contributed by atoms with Crippen molar-refractivity contribution in [2.75, 3.05) is 13.2 Å². The van der Waals surface area contributed by atoms with Gasteiger partial charge in [0.15, 0.2) is 17.8 Å². The molecule has 20 heavy (non-hydrogen) atoms. The Morgan fingerprint density at radius 3 is 2.30 bits per heavy atom. The predicted molar refractivity (Wildman–Crippen MR) is 71.3 cm³/mol. The molecule has 1 aromatic rings. The molecule has 0 amide bonds. The van der Waals surface area contributed by atoms with Crippen LogP contribution in [0.1, 0.15) is 13.8 Å². The third-order valence-electron chi connectivity index (χ3n) is 2.23. The maximum Gasteiger partial charge on any atom is 0.373 e. The van der Waals surface area contributed by atoms with Crippen molar-refractivity contribution in [3.8, 4) is 17.2 Å². The minimum absolute atomic E-state index is 0.0400. The SMILES string of the molecule is CCOc1cccc(OC(C=O)P(=O)(O)O)c1OCC. The summed E-state index contributed by atoms with van der Waals surface area (Å²) in [5.74, 6) is -1.25. The molecule has 1 aromatic carbocycles. The largest absolute Gasteiger partial charge is 0.490 e. The number of carbonyl (C=O) groups excluding carboxylic acids is 1. The smallest absolute Gasteiger partial charge is 0.373 e. The van der Waals surface area contributed by atoms with Crippen LogP contribution in [-0.2, 0) is 9.36 Å². The highest BCUT2D eigenvalue weighted by atomic mass is 31.2. The lowest BCUT2D eigenvalue weighted by Crippen LogP contribution is -2.18. The van der Waals surface area contributed by atoms with Gasteiger partial charge in [-0.1, -0.05) is 6.07 Å². The fourth-order valence-corrected chi connectivity index (χ4v) is 1.86. The average Bonchev–Trinajstić information content (AvgIpc) is 2.38. The van der Waals surface area contributed by atoms with Crippen LogP contribution in [0, 0.1) is 0 Å². The Hall–Kier alpha value is -1.56. The molecule has 112 valence electrons. The number of ether oxygens (including phenoxy) is 3. The molecular formula is C12H17O7P. The van der Waals surface area contributed by atoms with Crippen molar-refractivity contribution in [2.24, 2.45) is 0 Å². The van der Waals surface area contributed by atoms with Crippen LogP contribution in [0.3, 0.4) is 0 Å². The molecule has 7 nitrogen and oxygen atoms in total. The molecule has 1 atom stereocenters. The predicted octanol–water partition coefficient (Wildman–Crippen LogP) is 1.57. The summed E-state index contributed by atoms with van der Waals surface area (Å²) < 4.78 is 26.9. The van der Waals surface area contributed by atoms with Crippen molar-refractivity contribution < 1.29 is 33.4 Å². The van der Waals surface area contributed by atoms with Gasteiger partial charge in [-0.3, -0.25) is 9.36 Å². The van der Waals surface area contributed by atoms with Gasteiger partial charge in [0, 0.05) is 0 Å². The van der Waals surface area contributed by atoms with Gasteiger partial charge >= 0.3 is 7.60 Å². The summed E-state index contributed by atoms with van der Waals surface area (Å²) in [5.41, 5.74) is 0. The fraction of sp³-hybridized carbons (Fsp3) is 0.417. The van der Waals surface area contributed by atoms with E-state index < -0.39 is 13.4 Å². The highest BCUT2D eigenvalue weighted by molar-refractivity contribution is 7.53. The van der Waals surface area contributed by atoms with Crippen LogP contribution in [-0.4, -0.2) is 35.1 Å². The van der Waals surface area contributed by atoms with Gasteiger partial charge in [0.1, 0.15) is 0 Å². The van der Waals surface area contributed by atoms with Gasteiger partial charge in [-0.25, -0.2) is 0 Å². The first-order valence-corrected chi connectivity index (χ1v) is 7.68. The van der Waals surface area contributed by atoms with Crippen molar-refractivity contribution in [3.63, 3.8) is 0 Å². The molecule has 0 heterocycles. The number of benzene rings is 1. The highest BCUT2D eigenvalue weighted by Crippen LogP contribution is 2.44. The van der Waals surface area contributed by atoms with Crippen LogP contribution < -0.4 is 14.2 Å². The quantitative estimate of drug-likeness (QED) is 0.555. The zero-order valence-electron chi connectivity index (χ0n) is 11.2. The summed E-state index contributed by atoms with van der Waals surface area (Å²) in [4.78, 5) is 28.8. The monoisotopic (exact) mass is 304 g/mol. The molecule has 0 aromatic heterocycles. The Labute approximate surface area is 116 Å². The van der Waals surface area contributed by atoms with Crippen molar-refractivity contribution in [3.05, 3.63) is 18.2 Å². The van der Waals surface area contributed by atoms with Gasteiger partial charge < -0.3 is 24.0 Å². The fourth-order valence-electron chi connectivity index (χ4n) is 1.45. The Bertz CT molecular complexity index is 497. The second-order valence-corrected chi connectivity index (χ2v) is 5.37. The third-order valence-corrected chi connectivity index (χ3v) is 3.12. The van der Waals surface area contributed by atoms with Crippen LogP contribution in [0.25, 0.3) is 0 Å². The molecule has 0 bridgehead atoms. The number of rotatable bonds is 8. The van der Waals surface area contributed by atoms with E-state index in [0.29, 0.717) is 19.0 Å². The summed E-state index contributed by atoms with van der Waals surface area (Å²) in [6.45, 7) is 4.22. The Balaban J connectivity index is 3.13. The molecule has 1 unspecified atom stereocenters. The molecule has 0 fully saturated rings. The second-order valence-electron chi connectivity index (χ2n) is 3.68. The molecule has 0 saturated heterocycles. The van der Waals surface area contributed by atoms with Crippen LogP contribution in [0.15, 0.2) is 18.2 Å². The normalized spacial score (nSPS) is 12.6. The molecule has 0 radical (unpaired) electrons. The lowest BCUT2D eigenvalue weighted by molar-refractivity contribution is -0.111. The third kappa shape index (κ3) is 4.23. The number of carbonyl (C=O) groups is 1. The maximum atomic E-state index is 11.1. The summed E-state index contributed by atoms with van der Waals surface area (Å²) in [6.07, 6.45) is 0.0594. The van der Waals surface area contributed by atoms with Crippen LogP contribution >= 0.6 is 7.60 Å². The zero-order valence-corrected chi connectivity index (χ0v) is 12.1. The summed E-state index contributed by atoms with van der Waals surface area (Å²) in [5, 5.41) is 0. The number of hydrogen-bond acceptors (Lipinski definition) is 5. The van der Waals surface area contributed by atoms with E-state index in [1.165, 1.54) is 6.07 Å². The summed E-state index contributed by atoms with van der Waals surface area (Å²) in [6, 6.07) is 4.65. The van der Waals surface area contributed by atoms with Gasteiger partial charge in [-0.05, 0) is 26.0 Å². The Kier molecular flexibility index (Phi) is 6.01. The van der Waals surface area contributed by atoms with Gasteiger partial charge in [0.2, 0.25) is 5.75 Å². The lowest BCUT2D eigenvalue weighted by atomic mass is 10.3. The summed E-state index contributed by atoms with van der Waals surface area (Å²) in [7, 11) is -4.70. The molecule has 1 rings (SSSR count).